The molecule has 1 amide bonds. The summed E-state index contributed by atoms with van der Waals surface area (Å²) >= 11 is 5.84. The Balaban J connectivity index is 1.94. The van der Waals surface area contributed by atoms with E-state index in [4.69, 9.17) is 16.3 Å². The number of sulfonamides is 1. The van der Waals surface area contributed by atoms with E-state index in [9.17, 15) is 18.0 Å². The van der Waals surface area contributed by atoms with Gasteiger partial charge in [0.2, 0.25) is 10.0 Å². The third-order valence-electron chi connectivity index (χ3n) is 3.49. The SMILES string of the molecule is CC(OC(=O)[C@H](C)NS(=O)(=O)c1ccccc1)C(=O)Nc1cccc(Cl)c1. The molecule has 9 heteroatoms. The van der Waals surface area contributed by atoms with Gasteiger partial charge >= 0.3 is 5.97 Å². The summed E-state index contributed by atoms with van der Waals surface area (Å²) in [5.74, 6) is -1.44. The average Bonchev–Trinajstić information content (AvgIpc) is 2.62. The molecule has 0 aliphatic carbocycles. The van der Waals surface area contributed by atoms with E-state index < -0.39 is 34.0 Å². The van der Waals surface area contributed by atoms with E-state index >= 15 is 0 Å². The summed E-state index contributed by atoms with van der Waals surface area (Å²) in [7, 11) is -3.88. The van der Waals surface area contributed by atoms with E-state index in [0.717, 1.165) is 0 Å². The van der Waals surface area contributed by atoms with Crippen molar-refractivity contribution >= 4 is 39.2 Å². The normalized spacial score (nSPS) is 13.4. The molecule has 0 fully saturated rings. The smallest absolute Gasteiger partial charge is 0.324 e. The van der Waals surface area contributed by atoms with Gasteiger partial charge in [-0.15, -0.1) is 0 Å². The fraction of sp³-hybridized carbons (Fsp3) is 0.222. The molecule has 0 bridgehead atoms. The number of halogens is 1. The van der Waals surface area contributed by atoms with Crippen LogP contribution in [0.1, 0.15) is 13.8 Å². The molecule has 0 aliphatic rings. The molecule has 0 radical (unpaired) electrons. The lowest BCUT2D eigenvalue weighted by molar-refractivity contribution is -0.154. The number of nitrogens with one attached hydrogen (secondary N) is 2. The first-order chi connectivity index (χ1) is 12.7. The van der Waals surface area contributed by atoms with Gasteiger partial charge in [-0.1, -0.05) is 35.9 Å². The summed E-state index contributed by atoms with van der Waals surface area (Å²) in [6.45, 7) is 2.72. The van der Waals surface area contributed by atoms with E-state index in [1.807, 2.05) is 0 Å². The summed E-state index contributed by atoms with van der Waals surface area (Å²) in [6, 6.07) is 13.0. The Morgan fingerprint density at radius 3 is 2.33 bits per heavy atom. The number of carbonyl (C=O) groups excluding carboxylic acids is 2. The number of benzene rings is 2. The molecule has 0 aromatic heterocycles. The Labute approximate surface area is 162 Å². The van der Waals surface area contributed by atoms with Gasteiger partial charge in [0, 0.05) is 10.7 Å². The van der Waals surface area contributed by atoms with Gasteiger partial charge in [0.1, 0.15) is 6.04 Å². The number of hydrogen-bond acceptors (Lipinski definition) is 5. The van der Waals surface area contributed by atoms with Gasteiger partial charge < -0.3 is 10.1 Å². The van der Waals surface area contributed by atoms with Crippen LogP contribution in [0, 0.1) is 0 Å². The zero-order valence-electron chi connectivity index (χ0n) is 14.7. The molecule has 0 saturated carbocycles. The van der Waals surface area contributed by atoms with E-state index in [1.54, 1.807) is 42.5 Å². The maximum atomic E-state index is 12.2. The van der Waals surface area contributed by atoms with Gasteiger partial charge in [0.15, 0.2) is 6.10 Å². The second kappa shape index (κ2) is 8.98. The molecule has 0 spiro atoms. The maximum Gasteiger partial charge on any atom is 0.324 e. The zero-order valence-corrected chi connectivity index (χ0v) is 16.3. The number of amides is 1. The molecule has 2 N–H and O–H groups in total. The molecule has 1 unspecified atom stereocenters. The Morgan fingerprint density at radius 1 is 1.04 bits per heavy atom. The fourth-order valence-electron chi connectivity index (χ4n) is 2.09. The number of esters is 1. The minimum Gasteiger partial charge on any atom is -0.451 e. The van der Waals surface area contributed by atoms with Crippen LogP contribution < -0.4 is 10.0 Å². The fourth-order valence-corrected chi connectivity index (χ4v) is 3.49. The lowest BCUT2D eigenvalue weighted by Crippen LogP contribution is -2.42. The minimum absolute atomic E-state index is 0.0244. The first-order valence-corrected chi connectivity index (χ1v) is 9.89. The van der Waals surface area contributed by atoms with E-state index in [-0.39, 0.29) is 4.90 Å². The highest BCUT2D eigenvalue weighted by molar-refractivity contribution is 7.89. The Hall–Kier alpha value is -2.42. The molecule has 2 aromatic rings. The molecule has 2 aromatic carbocycles. The quantitative estimate of drug-likeness (QED) is 0.683. The second-order valence-corrected chi connectivity index (χ2v) is 7.89. The molecule has 0 saturated heterocycles. The summed E-state index contributed by atoms with van der Waals surface area (Å²) in [5, 5.41) is 3.01. The van der Waals surface area contributed by atoms with Crippen molar-refractivity contribution in [3.05, 3.63) is 59.6 Å². The van der Waals surface area contributed by atoms with Crippen molar-refractivity contribution in [1.29, 1.82) is 0 Å². The topological polar surface area (TPSA) is 102 Å². The van der Waals surface area contributed by atoms with Crippen LogP contribution in [0.15, 0.2) is 59.5 Å². The van der Waals surface area contributed by atoms with Gasteiger partial charge in [-0.3, -0.25) is 9.59 Å². The molecule has 144 valence electrons. The Bertz CT molecular complexity index is 918. The highest BCUT2D eigenvalue weighted by atomic mass is 35.5. The zero-order chi connectivity index (χ0) is 20.0. The van der Waals surface area contributed by atoms with Crippen molar-refractivity contribution < 1.29 is 22.7 Å². The van der Waals surface area contributed by atoms with Crippen molar-refractivity contribution in [3.8, 4) is 0 Å². The monoisotopic (exact) mass is 410 g/mol. The average molecular weight is 411 g/mol. The number of rotatable bonds is 7. The lowest BCUT2D eigenvalue weighted by atomic mass is 10.3. The molecular weight excluding hydrogens is 392 g/mol. The van der Waals surface area contributed by atoms with Crippen LogP contribution in [0.3, 0.4) is 0 Å². The summed E-state index contributed by atoms with van der Waals surface area (Å²) in [5.41, 5.74) is 0.452. The van der Waals surface area contributed by atoms with Gasteiger partial charge in [0.05, 0.1) is 4.90 Å². The van der Waals surface area contributed by atoms with Crippen molar-refractivity contribution in [2.24, 2.45) is 0 Å². The maximum absolute atomic E-state index is 12.2. The summed E-state index contributed by atoms with van der Waals surface area (Å²) < 4.78 is 31.7. The Morgan fingerprint density at radius 2 is 1.70 bits per heavy atom. The Kier molecular flexibility index (Phi) is 6.95. The van der Waals surface area contributed by atoms with Gasteiger partial charge in [-0.2, -0.15) is 4.72 Å². The van der Waals surface area contributed by atoms with Crippen LogP contribution in [0.25, 0.3) is 0 Å². The van der Waals surface area contributed by atoms with Gasteiger partial charge in [-0.05, 0) is 44.2 Å². The molecule has 7 nitrogen and oxygen atoms in total. The van der Waals surface area contributed by atoms with Crippen molar-refractivity contribution in [2.45, 2.75) is 30.9 Å². The molecule has 0 heterocycles. The third-order valence-corrected chi connectivity index (χ3v) is 5.29. The van der Waals surface area contributed by atoms with Gasteiger partial charge in [0.25, 0.3) is 5.91 Å². The van der Waals surface area contributed by atoms with Crippen molar-refractivity contribution in [2.75, 3.05) is 5.32 Å². The van der Waals surface area contributed by atoms with Crippen molar-refractivity contribution in [1.82, 2.24) is 4.72 Å². The van der Waals surface area contributed by atoms with Gasteiger partial charge in [-0.25, -0.2) is 8.42 Å². The lowest BCUT2D eigenvalue weighted by Gasteiger charge is -2.17. The van der Waals surface area contributed by atoms with Crippen LogP contribution in [0.5, 0.6) is 0 Å². The largest absolute Gasteiger partial charge is 0.451 e. The molecule has 2 atom stereocenters. The van der Waals surface area contributed by atoms with Crippen LogP contribution >= 0.6 is 11.6 Å². The highest BCUT2D eigenvalue weighted by Gasteiger charge is 2.26. The summed E-state index contributed by atoms with van der Waals surface area (Å²) in [4.78, 5) is 24.3. The van der Waals surface area contributed by atoms with Crippen LogP contribution in [0.2, 0.25) is 5.02 Å². The third kappa shape index (κ3) is 6.06. The van der Waals surface area contributed by atoms with E-state index in [2.05, 4.69) is 10.0 Å². The second-order valence-electron chi connectivity index (χ2n) is 5.73. The van der Waals surface area contributed by atoms with Crippen LogP contribution in [-0.4, -0.2) is 32.4 Å². The predicted octanol–water partition coefficient (Wildman–Crippen LogP) is 2.58. The minimum atomic E-state index is -3.88. The predicted molar refractivity (Wildman–Crippen MR) is 102 cm³/mol. The number of hydrogen-bond donors (Lipinski definition) is 2. The molecular formula is C18H19ClN2O5S. The summed E-state index contributed by atoms with van der Waals surface area (Å²) in [6.07, 6.45) is -1.12. The van der Waals surface area contributed by atoms with E-state index in [1.165, 1.54) is 26.0 Å². The molecule has 2 rings (SSSR count). The number of anilines is 1. The first-order valence-electron chi connectivity index (χ1n) is 8.03. The van der Waals surface area contributed by atoms with Crippen molar-refractivity contribution in [3.63, 3.8) is 0 Å². The molecule has 27 heavy (non-hydrogen) atoms. The standard InChI is InChI=1S/C18H19ClN2O5S/c1-12(21-27(24,25)16-9-4-3-5-10-16)18(23)26-13(2)17(22)20-15-8-6-7-14(19)11-15/h3-13,21H,1-2H3,(H,20,22)/t12-,13?/m0/s1. The van der Waals surface area contributed by atoms with E-state index in [0.29, 0.717) is 10.7 Å². The molecule has 0 aliphatic heterocycles. The highest BCUT2D eigenvalue weighted by Crippen LogP contribution is 2.15. The number of ether oxygens (including phenoxy) is 1. The number of carbonyl (C=O) groups is 2. The van der Waals surface area contributed by atoms with Crippen LogP contribution in [0.4, 0.5) is 5.69 Å². The van der Waals surface area contributed by atoms with Crippen LogP contribution in [-0.2, 0) is 24.3 Å². The first kappa shape index (κ1) is 20.9.